The number of Topliss-reactive ketones (excluding diaryl/α,β-unsaturated/α-hetero) is 5. The molecule has 0 unspecified atom stereocenters. The number of carbonyl (C=O) groups is 10. The van der Waals surface area contributed by atoms with Crippen LogP contribution in [-0.2, 0) is 54.4 Å². The first kappa shape index (κ1) is 80.3. The third kappa shape index (κ3) is 26.4. The molecule has 2 aliphatic heterocycles. The Balaban J connectivity index is 0.000000307. The number of unbranched alkanes of at least 4 members (excludes halogenated alkanes) is 1. The number of nitrogens with one attached hydrogen (secondary N) is 5. The normalized spacial score (nSPS) is 20.2. The summed E-state index contributed by atoms with van der Waals surface area (Å²) in [6.45, 7) is 38.4. The zero-order valence-corrected chi connectivity index (χ0v) is 61.0. The van der Waals surface area contributed by atoms with Gasteiger partial charge in [-0.2, -0.15) is 0 Å². The lowest BCUT2D eigenvalue weighted by atomic mass is 9.85. The van der Waals surface area contributed by atoms with Gasteiger partial charge in [0.25, 0.3) is 0 Å². The summed E-state index contributed by atoms with van der Waals surface area (Å²) < 4.78 is 0. The Morgan fingerprint density at radius 2 is 0.839 bits per heavy atom. The molecule has 1 aromatic rings. The first-order chi connectivity index (χ1) is 43.5. The van der Waals surface area contributed by atoms with E-state index in [2.05, 4.69) is 88.9 Å². The maximum Gasteiger partial charge on any atom is 0.237 e. The van der Waals surface area contributed by atoms with Gasteiger partial charge in [-0.1, -0.05) is 168 Å². The van der Waals surface area contributed by atoms with E-state index < -0.39 is 36.0 Å². The molecule has 6 rings (SSSR count). The topological polar surface area (TPSA) is 237 Å². The monoisotopic (exact) mass is 1300 g/mol. The van der Waals surface area contributed by atoms with Crippen LogP contribution in [0.3, 0.4) is 0 Å². The molecule has 2 heterocycles. The van der Waals surface area contributed by atoms with Crippen molar-refractivity contribution >= 4 is 58.5 Å². The van der Waals surface area contributed by atoms with Gasteiger partial charge in [-0.15, -0.1) is 0 Å². The van der Waals surface area contributed by atoms with Crippen molar-refractivity contribution in [1.82, 2.24) is 36.4 Å². The van der Waals surface area contributed by atoms with Crippen molar-refractivity contribution in [3.63, 3.8) is 0 Å². The summed E-state index contributed by atoms with van der Waals surface area (Å²) in [7, 11) is 0. The summed E-state index contributed by atoms with van der Waals surface area (Å²) in [6, 6.07) is 7.76. The van der Waals surface area contributed by atoms with Gasteiger partial charge in [0.2, 0.25) is 29.5 Å². The van der Waals surface area contributed by atoms with Gasteiger partial charge < -0.3 is 36.4 Å². The van der Waals surface area contributed by atoms with E-state index in [1.165, 1.54) is 0 Å². The summed E-state index contributed by atoms with van der Waals surface area (Å²) in [6.07, 6.45) is 14.1. The predicted molar refractivity (Wildman–Crippen MR) is 371 cm³/mol. The van der Waals surface area contributed by atoms with Gasteiger partial charge in [-0.3, -0.25) is 47.9 Å². The molecular formula is C76H127N7O10. The van der Waals surface area contributed by atoms with Crippen LogP contribution in [0.15, 0.2) is 30.3 Å². The highest BCUT2D eigenvalue weighted by Gasteiger charge is 2.51. The maximum atomic E-state index is 13.6. The van der Waals surface area contributed by atoms with Crippen molar-refractivity contribution in [3.8, 4) is 0 Å². The summed E-state index contributed by atoms with van der Waals surface area (Å²) >= 11 is 0. The van der Waals surface area contributed by atoms with Crippen molar-refractivity contribution in [2.24, 2.45) is 63.6 Å². The van der Waals surface area contributed by atoms with Gasteiger partial charge in [-0.25, -0.2) is 0 Å². The Labute approximate surface area is 561 Å². The highest BCUT2D eigenvalue weighted by molar-refractivity contribution is 5.99. The summed E-state index contributed by atoms with van der Waals surface area (Å²) in [4.78, 5) is 134. The molecule has 5 amide bonds. The largest absolute Gasteiger partial charge is 0.346 e. The van der Waals surface area contributed by atoms with E-state index >= 15 is 0 Å². The van der Waals surface area contributed by atoms with Crippen LogP contribution in [0.1, 0.15) is 252 Å². The maximum absolute atomic E-state index is 13.6. The Hall–Kier alpha value is -5.16. The lowest BCUT2D eigenvalue weighted by Crippen LogP contribution is -2.49. The van der Waals surface area contributed by atoms with E-state index in [1.54, 1.807) is 9.80 Å². The van der Waals surface area contributed by atoms with Crippen molar-refractivity contribution in [2.75, 3.05) is 26.2 Å². The van der Waals surface area contributed by atoms with Gasteiger partial charge in [-0.05, 0) is 138 Å². The third-order valence-corrected chi connectivity index (χ3v) is 19.8. The van der Waals surface area contributed by atoms with Gasteiger partial charge >= 0.3 is 0 Å². The van der Waals surface area contributed by atoms with E-state index in [9.17, 15) is 47.9 Å². The summed E-state index contributed by atoms with van der Waals surface area (Å²) in [5.74, 6) is 0.490. The molecule has 5 N–H and O–H groups in total. The van der Waals surface area contributed by atoms with E-state index in [0.717, 1.165) is 82.6 Å². The SMILES string of the molecule is CC(C)C[C@H](NC(=O)[C@@H](CC(=O)[C@@H]1CCCN1C(=O)CNC(C)C)Cc1ccccc1)C(=O)C1(C)CC1.CC(C)C[C@H](NC(=O)[C@@H](CC(C)C)C(C)C)C(=O)C1(C)CC1.CCCC[C@H](CC(=O)[C@@H]1CCCN1C(=O)CNC(C)C)C(=O)N[C@@H](CC(C)C)C(=O)C1(C)CC1. The first-order valence-electron chi connectivity index (χ1n) is 36.2. The number of likely N-dealkylation sites (tertiary alicyclic amines) is 2. The molecule has 5 fully saturated rings. The first-order valence-corrected chi connectivity index (χ1v) is 36.2. The number of nitrogens with zero attached hydrogens (tertiary/aromatic N) is 2. The fourth-order valence-electron chi connectivity index (χ4n) is 13.0. The van der Waals surface area contributed by atoms with Crippen LogP contribution < -0.4 is 26.6 Å². The molecule has 93 heavy (non-hydrogen) atoms. The number of benzene rings is 1. The van der Waals surface area contributed by atoms with Gasteiger partial charge in [0, 0.05) is 72.0 Å². The molecule has 17 heteroatoms. The molecule has 8 atom stereocenters. The molecule has 526 valence electrons. The molecule has 0 radical (unpaired) electrons. The fraction of sp³-hybridized carbons (Fsp3) is 0.789. The Morgan fingerprint density at radius 1 is 0.484 bits per heavy atom. The minimum absolute atomic E-state index is 0.00512. The van der Waals surface area contributed by atoms with Crippen LogP contribution in [-0.4, -0.2) is 137 Å². The fourth-order valence-corrected chi connectivity index (χ4v) is 13.0. The number of amides is 5. The highest BCUT2D eigenvalue weighted by atomic mass is 16.2. The van der Waals surface area contributed by atoms with E-state index in [0.29, 0.717) is 69.4 Å². The zero-order chi connectivity index (χ0) is 69.7. The van der Waals surface area contributed by atoms with Gasteiger partial charge in [0.05, 0.1) is 43.3 Å². The van der Waals surface area contributed by atoms with Crippen LogP contribution in [0.5, 0.6) is 0 Å². The van der Waals surface area contributed by atoms with E-state index in [4.69, 9.17) is 0 Å². The molecule has 2 saturated heterocycles. The second-order valence-electron chi connectivity index (χ2n) is 32.0. The van der Waals surface area contributed by atoms with Crippen molar-refractivity contribution in [1.29, 1.82) is 0 Å². The number of hydrogen-bond donors (Lipinski definition) is 5. The van der Waals surface area contributed by atoms with Crippen LogP contribution in [0.2, 0.25) is 0 Å². The summed E-state index contributed by atoms with van der Waals surface area (Å²) in [5.41, 5.74) is 0.137. The van der Waals surface area contributed by atoms with Crippen molar-refractivity contribution < 1.29 is 47.9 Å². The quantitative estimate of drug-likeness (QED) is 0.0416. The molecule has 0 bridgehead atoms. The molecule has 17 nitrogen and oxygen atoms in total. The molecule has 0 aromatic heterocycles. The summed E-state index contributed by atoms with van der Waals surface area (Å²) in [5, 5.41) is 15.4. The Morgan fingerprint density at radius 3 is 1.17 bits per heavy atom. The second-order valence-corrected chi connectivity index (χ2v) is 32.0. The molecule has 5 aliphatic rings. The van der Waals surface area contributed by atoms with Crippen LogP contribution in [0.4, 0.5) is 0 Å². The highest BCUT2D eigenvalue weighted by Crippen LogP contribution is 2.49. The predicted octanol–water partition coefficient (Wildman–Crippen LogP) is 11.5. The van der Waals surface area contributed by atoms with Gasteiger partial charge in [0.15, 0.2) is 28.9 Å². The van der Waals surface area contributed by atoms with E-state index in [-0.39, 0.29) is 137 Å². The number of ketones is 5. The standard InChI is InChI=1S/C30H45N3O4.C27H47N3O4.C19H35NO2/c1-20(2)16-24(28(36)30(5)13-14-30)32-29(37)23(17-22-10-7-6-8-11-22)18-26(34)25-12-9-15-33(25)27(35)19-31-21(3)4;1-7-8-10-20(26(34)29-21(15-18(2)3)25(33)27(6)12-13-27)16-23(31)22-11-9-14-30(22)24(32)17-28-19(4)5;1-12(2)10-15(14(5)6)18(22)20-16(11-13(3)4)17(21)19(7)8-9-19/h6-8,10-11,20-21,23-25,31H,9,12-19H2,1-5H3,(H,32,37);18-22,28H,7-17H2,1-6H3,(H,29,34);12-16H,8-11H2,1-7H3,(H,20,22)/t23-,24+,25+;20-,21+,22+;15-,16-/m110/s1. The molecule has 0 spiro atoms. The van der Waals surface area contributed by atoms with Crippen molar-refractivity contribution in [3.05, 3.63) is 35.9 Å². The van der Waals surface area contributed by atoms with E-state index in [1.807, 2.05) is 92.6 Å². The van der Waals surface area contributed by atoms with Gasteiger partial charge in [0.1, 0.15) is 0 Å². The van der Waals surface area contributed by atoms with Crippen LogP contribution in [0, 0.1) is 63.6 Å². The molecule has 3 aliphatic carbocycles. The number of carbonyl (C=O) groups excluding carboxylic acids is 10. The Bertz CT molecular complexity index is 2620. The average Bonchev–Trinajstić information content (AvgIpc) is 1.68. The minimum atomic E-state index is -0.601. The minimum Gasteiger partial charge on any atom is -0.346 e. The third-order valence-electron chi connectivity index (χ3n) is 19.8. The number of rotatable bonds is 38. The van der Waals surface area contributed by atoms with Crippen molar-refractivity contribution in [2.45, 2.75) is 295 Å². The lowest BCUT2D eigenvalue weighted by molar-refractivity contribution is -0.139. The number of hydrogen-bond acceptors (Lipinski definition) is 12. The smallest absolute Gasteiger partial charge is 0.237 e. The molecular weight excluding hydrogens is 1170 g/mol. The molecule has 1 aromatic carbocycles. The average molecular weight is 1300 g/mol. The zero-order valence-electron chi connectivity index (χ0n) is 61.0. The van der Waals surface area contributed by atoms with Crippen LogP contribution in [0.25, 0.3) is 0 Å². The van der Waals surface area contributed by atoms with Crippen LogP contribution >= 0.6 is 0 Å². The lowest BCUT2D eigenvalue weighted by Gasteiger charge is -2.28. The Kier molecular flexibility index (Phi) is 32.3. The molecule has 3 saturated carbocycles. The second kappa shape index (κ2) is 37.4.